The van der Waals surface area contributed by atoms with Crippen molar-refractivity contribution in [1.29, 1.82) is 0 Å². The van der Waals surface area contributed by atoms with E-state index in [9.17, 15) is 14.4 Å². The number of benzene rings is 5. The lowest BCUT2D eigenvalue weighted by atomic mass is 10.1. The molecule has 0 aliphatic carbocycles. The summed E-state index contributed by atoms with van der Waals surface area (Å²) in [6, 6.07) is 37.2. The van der Waals surface area contributed by atoms with Crippen molar-refractivity contribution in [1.82, 2.24) is 5.32 Å². The highest BCUT2D eigenvalue weighted by atomic mass is 35.5. The van der Waals surface area contributed by atoms with Crippen LogP contribution in [0.5, 0.6) is 5.75 Å². The van der Waals surface area contributed by atoms with Gasteiger partial charge in [0.1, 0.15) is 16.7 Å². The molecule has 0 saturated heterocycles. The predicted octanol–water partition coefficient (Wildman–Crippen LogP) is 9.27. The first-order valence-corrected chi connectivity index (χ1v) is 16.6. The van der Waals surface area contributed by atoms with E-state index in [4.69, 9.17) is 27.9 Å². The molecule has 3 amide bonds. The highest BCUT2D eigenvalue weighted by Crippen LogP contribution is 2.37. The fourth-order valence-corrected chi connectivity index (χ4v) is 6.26. The molecule has 48 heavy (non-hydrogen) atoms. The molecule has 3 N–H and O–H groups in total. The molecular formula is C38H31Cl2N3O4S. The second-order valence-electron chi connectivity index (χ2n) is 10.4. The van der Waals surface area contributed by atoms with Gasteiger partial charge < -0.3 is 20.7 Å². The van der Waals surface area contributed by atoms with E-state index >= 15 is 0 Å². The molecule has 242 valence electrons. The molecule has 5 rings (SSSR count). The van der Waals surface area contributed by atoms with Crippen molar-refractivity contribution in [3.05, 3.63) is 160 Å². The Bertz CT molecular complexity index is 1900. The minimum atomic E-state index is -0.643. The van der Waals surface area contributed by atoms with Gasteiger partial charge in [-0.3, -0.25) is 14.4 Å². The van der Waals surface area contributed by atoms with Gasteiger partial charge in [0.2, 0.25) is 5.91 Å². The topological polar surface area (TPSA) is 96.5 Å². The molecule has 1 atom stereocenters. The summed E-state index contributed by atoms with van der Waals surface area (Å²) < 4.78 is 5.53. The number of amides is 3. The first-order valence-electron chi connectivity index (χ1n) is 15.0. The Morgan fingerprint density at radius 2 is 1.42 bits per heavy atom. The number of carbonyl (C=O) groups excluding carboxylic acids is 3. The van der Waals surface area contributed by atoms with Crippen molar-refractivity contribution in [2.24, 2.45) is 0 Å². The zero-order valence-electron chi connectivity index (χ0n) is 25.8. The van der Waals surface area contributed by atoms with Gasteiger partial charge in [-0.15, -0.1) is 11.8 Å². The number of nitrogens with one attached hydrogen (secondary N) is 3. The number of anilines is 2. The molecule has 0 bridgehead atoms. The molecule has 5 aromatic carbocycles. The molecule has 0 radical (unpaired) electrons. The van der Waals surface area contributed by atoms with Gasteiger partial charge in [0.05, 0.1) is 6.61 Å². The Morgan fingerprint density at radius 3 is 2.08 bits per heavy atom. The first-order chi connectivity index (χ1) is 23.3. The van der Waals surface area contributed by atoms with Crippen LogP contribution in [0.15, 0.2) is 138 Å². The molecule has 0 saturated carbocycles. The Morgan fingerprint density at radius 1 is 0.750 bits per heavy atom. The number of hydrogen-bond donors (Lipinski definition) is 3. The Labute approximate surface area is 293 Å². The molecule has 0 aromatic heterocycles. The molecule has 1 unspecified atom stereocenters. The van der Waals surface area contributed by atoms with E-state index < -0.39 is 17.1 Å². The lowest BCUT2D eigenvalue weighted by Crippen LogP contribution is -2.30. The van der Waals surface area contributed by atoms with E-state index in [2.05, 4.69) is 16.0 Å². The lowest BCUT2D eigenvalue weighted by Gasteiger charge is -2.18. The van der Waals surface area contributed by atoms with Gasteiger partial charge in [-0.2, -0.15) is 0 Å². The molecule has 0 fully saturated rings. The Kier molecular flexibility index (Phi) is 11.9. The van der Waals surface area contributed by atoms with Crippen LogP contribution in [0.4, 0.5) is 11.4 Å². The number of halogens is 2. The highest BCUT2D eigenvalue weighted by Gasteiger charge is 2.23. The maximum atomic E-state index is 13.7. The number of hydrogen-bond acceptors (Lipinski definition) is 5. The molecule has 0 spiro atoms. The van der Waals surface area contributed by atoms with Crippen molar-refractivity contribution < 1.29 is 19.1 Å². The molecule has 0 heterocycles. The summed E-state index contributed by atoms with van der Waals surface area (Å²) in [6.45, 7) is 2.43. The standard InChI is InChI=1S/C38H31Cl2N3O4S/c1-2-47-32-18-16-25(17-19-32)20-34(43-36(44)27-12-7-4-8-13-27)37(45)41-30-14-9-15-33(24-30)48-35(26-10-5-3-6-11-26)38(46)42-31-22-28(39)21-29(40)23-31/h3-24,35H,2H2,1H3,(H,41,45)(H,42,46)(H,43,44)/b34-20+. The molecule has 0 aliphatic rings. The summed E-state index contributed by atoms with van der Waals surface area (Å²) >= 11 is 13.6. The van der Waals surface area contributed by atoms with Gasteiger partial charge in [-0.25, -0.2) is 0 Å². The highest BCUT2D eigenvalue weighted by molar-refractivity contribution is 8.00. The number of ether oxygens (including phenoxy) is 1. The minimum absolute atomic E-state index is 0.0489. The van der Waals surface area contributed by atoms with E-state index in [1.165, 1.54) is 11.8 Å². The summed E-state index contributed by atoms with van der Waals surface area (Å²) in [4.78, 5) is 41.1. The minimum Gasteiger partial charge on any atom is -0.494 e. The zero-order valence-corrected chi connectivity index (χ0v) is 28.1. The number of carbonyl (C=O) groups is 3. The van der Waals surface area contributed by atoms with E-state index in [1.54, 1.807) is 91.0 Å². The first kappa shape index (κ1) is 34.3. The Hall–Kier alpha value is -5.02. The summed E-state index contributed by atoms with van der Waals surface area (Å²) in [7, 11) is 0. The number of rotatable bonds is 12. The van der Waals surface area contributed by atoms with E-state index in [-0.39, 0.29) is 11.6 Å². The molecular weight excluding hydrogens is 665 g/mol. The van der Waals surface area contributed by atoms with E-state index in [0.717, 1.165) is 10.5 Å². The van der Waals surface area contributed by atoms with Crippen LogP contribution >= 0.6 is 35.0 Å². The predicted molar refractivity (Wildman–Crippen MR) is 195 cm³/mol. The van der Waals surface area contributed by atoms with Crippen LogP contribution in [0.1, 0.15) is 33.7 Å². The summed E-state index contributed by atoms with van der Waals surface area (Å²) in [5.41, 5.74) is 2.89. The zero-order chi connectivity index (χ0) is 33.9. The normalized spacial score (nSPS) is 11.7. The van der Waals surface area contributed by atoms with Crippen LogP contribution in [-0.4, -0.2) is 24.3 Å². The average Bonchev–Trinajstić information content (AvgIpc) is 3.08. The summed E-state index contributed by atoms with van der Waals surface area (Å²) in [5, 5.41) is 8.73. The molecule has 10 heteroatoms. The van der Waals surface area contributed by atoms with Crippen molar-refractivity contribution in [3.8, 4) is 5.75 Å². The summed E-state index contributed by atoms with van der Waals surface area (Å²) in [5.74, 6) is -0.527. The van der Waals surface area contributed by atoms with Crippen LogP contribution in [0, 0.1) is 0 Å². The Balaban J connectivity index is 1.38. The fraction of sp³-hybridized carbons (Fsp3) is 0.0789. The fourth-order valence-electron chi connectivity index (χ4n) is 4.65. The van der Waals surface area contributed by atoms with E-state index in [1.807, 2.05) is 49.4 Å². The van der Waals surface area contributed by atoms with Crippen LogP contribution in [0.25, 0.3) is 6.08 Å². The molecule has 7 nitrogen and oxygen atoms in total. The smallest absolute Gasteiger partial charge is 0.272 e. The van der Waals surface area contributed by atoms with Gasteiger partial charge >= 0.3 is 0 Å². The second kappa shape index (κ2) is 16.7. The second-order valence-corrected chi connectivity index (χ2v) is 12.5. The van der Waals surface area contributed by atoms with Crippen molar-refractivity contribution in [3.63, 3.8) is 0 Å². The molecule has 5 aromatic rings. The van der Waals surface area contributed by atoms with Crippen molar-refractivity contribution in [2.75, 3.05) is 17.2 Å². The van der Waals surface area contributed by atoms with Gasteiger partial charge in [0, 0.05) is 31.9 Å². The van der Waals surface area contributed by atoms with E-state index in [0.29, 0.717) is 44.9 Å². The van der Waals surface area contributed by atoms with Gasteiger partial charge in [0.15, 0.2) is 0 Å². The van der Waals surface area contributed by atoms with Crippen LogP contribution in [0.3, 0.4) is 0 Å². The third kappa shape index (κ3) is 9.75. The summed E-state index contributed by atoms with van der Waals surface area (Å²) in [6.07, 6.45) is 1.60. The molecule has 0 aliphatic heterocycles. The van der Waals surface area contributed by atoms with Crippen LogP contribution in [-0.2, 0) is 9.59 Å². The van der Waals surface area contributed by atoms with Crippen molar-refractivity contribution in [2.45, 2.75) is 17.1 Å². The quantitative estimate of drug-likeness (QED) is 0.0893. The third-order valence-electron chi connectivity index (χ3n) is 6.85. The van der Waals surface area contributed by atoms with Crippen LogP contribution < -0.4 is 20.7 Å². The maximum Gasteiger partial charge on any atom is 0.272 e. The largest absolute Gasteiger partial charge is 0.494 e. The average molecular weight is 697 g/mol. The van der Waals surface area contributed by atoms with Gasteiger partial charge in [-0.05, 0) is 84.8 Å². The monoisotopic (exact) mass is 695 g/mol. The van der Waals surface area contributed by atoms with Crippen LogP contribution in [0.2, 0.25) is 10.0 Å². The van der Waals surface area contributed by atoms with Gasteiger partial charge in [-0.1, -0.05) is 89.9 Å². The van der Waals surface area contributed by atoms with Crippen molar-refractivity contribution >= 4 is 70.1 Å². The SMILES string of the molecule is CCOc1ccc(/C=C(/NC(=O)c2ccccc2)C(=O)Nc2cccc(SC(C(=O)Nc3cc(Cl)cc(Cl)c3)c3ccccc3)c2)cc1. The maximum absolute atomic E-state index is 13.7. The van der Waals surface area contributed by atoms with Gasteiger partial charge in [0.25, 0.3) is 11.8 Å². The third-order valence-corrected chi connectivity index (χ3v) is 8.53. The number of thioether (sulfide) groups is 1. The lowest BCUT2D eigenvalue weighted by molar-refractivity contribution is -0.116.